The topological polar surface area (TPSA) is 115 Å². The second-order valence-corrected chi connectivity index (χ2v) is 12.2. The number of carboxylic acids is 3. The van der Waals surface area contributed by atoms with Crippen molar-refractivity contribution in [2.24, 2.45) is 17.8 Å². The smallest absolute Gasteiger partial charge is 0.306 e. The summed E-state index contributed by atoms with van der Waals surface area (Å²) in [5.41, 5.74) is 0. The minimum absolute atomic E-state index is 0.437. The molecule has 0 saturated heterocycles. The third-order valence-electron chi connectivity index (χ3n) is 8.50. The summed E-state index contributed by atoms with van der Waals surface area (Å²) >= 11 is 0. The molecule has 3 atom stereocenters. The number of unbranched alkanes of at least 4 members (excludes halogenated alkanes) is 12. The van der Waals surface area contributed by atoms with Gasteiger partial charge < -0.3 is 24.6 Å². The minimum Gasteiger partial charge on any atom is -0.550 e. The highest BCUT2D eigenvalue weighted by Gasteiger charge is 2.30. The Morgan fingerprint density at radius 2 is 0.975 bits per heavy atom. The fourth-order valence-corrected chi connectivity index (χ4v) is 5.13. The highest BCUT2D eigenvalue weighted by molar-refractivity contribution is 5.69. The van der Waals surface area contributed by atoms with E-state index in [9.17, 15) is 29.7 Å². The van der Waals surface area contributed by atoms with Crippen LogP contribution in [0.3, 0.4) is 0 Å². The number of allylic oxidation sites excluding steroid dienone is 2. The molecule has 0 saturated carbocycles. The number of carbonyl (C=O) groups is 3. The van der Waals surface area contributed by atoms with Crippen LogP contribution in [-0.4, -0.2) is 58.8 Å². The van der Waals surface area contributed by atoms with Gasteiger partial charge in [-0.05, 0) is 38.5 Å². The predicted molar refractivity (Wildman–Crippen MR) is 161 cm³/mol. The van der Waals surface area contributed by atoms with Gasteiger partial charge in [0.15, 0.2) is 0 Å². The number of quaternary nitrogens is 1. The number of carboxylic acid groups (broad SMARTS) is 3. The first-order valence-corrected chi connectivity index (χ1v) is 16.2. The van der Waals surface area contributed by atoms with Gasteiger partial charge in [-0.25, -0.2) is 0 Å². The molecule has 0 aromatic carbocycles. The van der Waals surface area contributed by atoms with Crippen molar-refractivity contribution < 1.29 is 34.2 Å². The van der Waals surface area contributed by atoms with E-state index in [1.54, 1.807) is 20.8 Å². The van der Waals surface area contributed by atoms with Gasteiger partial charge in [0.2, 0.25) is 0 Å². The molecule has 0 aromatic heterocycles. The van der Waals surface area contributed by atoms with Gasteiger partial charge in [-0.1, -0.05) is 91.2 Å². The van der Waals surface area contributed by atoms with Crippen LogP contribution in [0, 0.1) is 17.8 Å². The second kappa shape index (κ2) is 23.8. The normalized spacial score (nSPS) is 15.5. The third kappa shape index (κ3) is 20.1. The maximum absolute atomic E-state index is 11.5. The van der Waals surface area contributed by atoms with Crippen LogP contribution in [0.2, 0.25) is 0 Å². The summed E-state index contributed by atoms with van der Waals surface area (Å²) in [6.45, 7) is 9.91. The first kappa shape index (κ1) is 38.1. The molecule has 7 heteroatoms. The molecule has 0 aliphatic carbocycles. The van der Waals surface area contributed by atoms with Crippen molar-refractivity contribution in [2.75, 3.05) is 26.2 Å². The van der Waals surface area contributed by atoms with E-state index in [-0.39, 0.29) is 0 Å². The number of hydrogen-bond donors (Lipinski definition) is 2. The highest BCUT2D eigenvalue weighted by Crippen LogP contribution is 2.21. The maximum Gasteiger partial charge on any atom is 0.306 e. The molecule has 0 aliphatic rings. The lowest BCUT2D eigenvalue weighted by Gasteiger charge is -2.41. The first-order valence-electron chi connectivity index (χ1n) is 16.2. The van der Waals surface area contributed by atoms with Gasteiger partial charge in [0.05, 0.1) is 38.0 Å². The standard InChI is InChI=1S/C33H61NO6/c1-5-6-7-8-9-10-11-12-13-14-15-16-17-18-19-20-24-34(25-21-28(2)31(35)36,26-22-29(3)32(37)38)27-23-30(4)33(39)40/h15-16,28-30H,5-14,17-27H2,1-4H3,(H2-,35,36,37,38,39,40)/b16-15+. The number of carbonyl (C=O) groups excluding carboxylic acids is 1. The predicted octanol–water partition coefficient (Wildman–Crippen LogP) is 6.84. The summed E-state index contributed by atoms with van der Waals surface area (Å²) in [6.07, 6.45) is 23.4. The SMILES string of the molecule is CCCCCCCCCCC/C=C/CCCCC[N+](CCC(C)C(=O)[O-])(CCC(C)C(=O)O)CCC(C)C(=O)O. The van der Waals surface area contributed by atoms with E-state index in [1.807, 2.05) is 0 Å². The van der Waals surface area contributed by atoms with Crippen LogP contribution < -0.4 is 5.11 Å². The van der Waals surface area contributed by atoms with E-state index in [0.29, 0.717) is 43.4 Å². The van der Waals surface area contributed by atoms with Crippen molar-refractivity contribution in [2.45, 2.75) is 137 Å². The molecule has 234 valence electrons. The zero-order valence-corrected chi connectivity index (χ0v) is 26.2. The van der Waals surface area contributed by atoms with E-state index in [2.05, 4.69) is 19.1 Å². The maximum atomic E-state index is 11.5. The van der Waals surface area contributed by atoms with E-state index in [1.165, 1.54) is 57.8 Å². The van der Waals surface area contributed by atoms with Gasteiger partial charge in [-0.2, -0.15) is 0 Å². The van der Waals surface area contributed by atoms with Crippen molar-refractivity contribution in [3.05, 3.63) is 12.2 Å². The van der Waals surface area contributed by atoms with Crippen molar-refractivity contribution >= 4 is 17.9 Å². The van der Waals surface area contributed by atoms with Crippen molar-refractivity contribution in [1.82, 2.24) is 0 Å². The molecule has 2 N–H and O–H groups in total. The van der Waals surface area contributed by atoms with Crippen LogP contribution in [0.4, 0.5) is 0 Å². The van der Waals surface area contributed by atoms with Gasteiger partial charge >= 0.3 is 11.9 Å². The molecule has 0 spiro atoms. The highest BCUT2D eigenvalue weighted by atomic mass is 16.4. The van der Waals surface area contributed by atoms with Crippen LogP contribution in [0.25, 0.3) is 0 Å². The van der Waals surface area contributed by atoms with Gasteiger partial charge in [0, 0.05) is 31.1 Å². The first-order chi connectivity index (χ1) is 19.0. The lowest BCUT2D eigenvalue weighted by molar-refractivity contribution is -0.929. The molecule has 0 fully saturated rings. The summed E-state index contributed by atoms with van der Waals surface area (Å²) in [4.78, 5) is 34.3. The molecule has 0 radical (unpaired) electrons. The van der Waals surface area contributed by atoms with E-state index in [4.69, 9.17) is 0 Å². The summed E-state index contributed by atoms with van der Waals surface area (Å²) in [6, 6.07) is 0. The fourth-order valence-electron chi connectivity index (χ4n) is 5.13. The number of aliphatic carboxylic acids is 3. The average Bonchev–Trinajstić information content (AvgIpc) is 2.92. The Kier molecular flexibility index (Phi) is 22.7. The Hall–Kier alpha value is -1.89. The lowest BCUT2D eigenvalue weighted by Crippen LogP contribution is -2.52. The molecule has 0 aromatic rings. The monoisotopic (exact) mass is 567 g/mol. The third-order valence-corrected chi connectivity index (χ3v) is 8.50. The Morgan fingerprint density at radius 3 is 1.38 bits per heavy atom. The lowest BCUT2D eigenvalue weighted by atomic mass is 10.0. The number of nitrogens with zero attached hydrogens (tertiary/aromatic N) is 1. The average molecular weight is 568 g/mol. The van der Waals surface area contributed by atoms with Crippen LogP contribution in [-0.2, 0) is 14.4 Å². The molecule has 0 bridgehead atoms. The zero-order valence-electron chi connectivity index (χ0n) is 26.2. The van der Waals surface area contributed by atoms with Crippen LogP contribution in [0.5, 0.6) is 0 Å². The largest absolute Gasteiger partial charge is 0.550 e. The van der Waals surface area contributed by atoms with E-state index < -0.39 is 35.7 Å². The van der Waals surface area contributed by atoms with Crippen molar-refractivity contribution in [1.29, 1.82) is 0 Å². The molecule has 0 rings (SSSR count). The molecule has 7 nitrogen and oxygen atoms in total. The summed E-state index contributed by atoms with van der Waals surface area (Å²) in [5.74, 6) is -4.34. The molecule has 40 heavy (non-hydrogen) atoms. The molecule has 0 aliphatic heterocycles. The van der Waals surface area contributed by atoms with Gasteiger partial charge in [0.1, 0.15) is 0 Å². The Labute approximate surface area is 245 Å². The van der Waals surface area contributed by atoms with Crippen LogP contribution >= 0.6 is 0 Å². The number of hydrogen-bond acceptors (Lipinski definition) is 4. The van der Waals surface area contributed by atoms with E-state index >= 15 is 0 Å². The second-order valence-electron chi connectivity index (χ2n) is 12.2. The molecule has 3 unspecified atom stereocenters. The Morgan fingerprint density at radius 1 is 0.600 bits per heavy atom. The summed E-state index contributed by atoms with van der Waals surface area (Å²) in [7, 11) is 0. The zero-order chi connectivity index (χ0) is 30.2. The molecule has 0 heterocycles. The minimum atomic E-state index is -1.08. The Balaban J connectivity index is 4.70. The van der Waals surface area contributed by atoms with Crippen LogP contribution in [0.15, 0.2) is 12.2 Å². The van der Waals surface area contributed by atoms with Gasteiger partial charge in [-0.15, -0.1) is 0 Å². The Bertz CT molecular complexity index is 647. The quantitative estimate of drug-likeness (QED) is 0.0608. The molecular formula is C33H61NO6. The van der Waals surface area contributed by atoms with Crippen LogP contribution in [0.1, 0.15) is 137 Å². The van der Waals surface area contributed by atoms with Gasteiger partial charge in [0.25, 0.3) is 0 Å². The van der Waals surface area contributed by atoms with Crippen molar-refractivity contribution in [3.63, 3.8) is 0 Å². The van der Waals surface area contributed by atoms with E-state index in [0.717, 1.165) is 38.6 Å². The molecule has 0 amide bonds. The summed E-state index contributed by atoms with van der Waals surface area (Å²) < 4.78 is 0.571. The van der Waals surface area contributed by atoms with Gasteiger partial charge in [-0.3, -0.25) is 9.59 Å². The molecular weight excluding hydrogens is 506 g/mol. The number of rotatable bonds is 28. The van der Waals surface area contributed by atoms with Crippen molar-refractivity contribution in [3.8, 4) is 0 Å². The summed E-state index contributed by atoms with van der Waals surface area (Å²) in [5, 5.41) is 30.2. The fraction of sp³-hybridized carbons (Fsp3) is 0.848.